The lowest BCUT2D eigenvalue weighted by atomic mass is 9.94. The van der Waals surface area contributed by atoms with Crippen molar-refractivity contribution in [2.24, 2.45) is 11.7 Å². The molecule has 0 spiro atoms. The van der Waals surface area contributed by atoms with Gasteiger partial charge in [0.05, 0.1) is 6.61 Å². The van der Waals surface area contributed by atoms with Crippen LogP contribution in [0.15, 0.2) is 0 Å². The lowest BCUT2D eigenvalue weighted by Crippen LogP contribution is -2.43. The van der Waals surface area contributed by atoms with Gasteiger partial charge in [-0.15, -0.1) is 0 Å². The van der Waals surface area contributed by atoms with E-state index in [1.807, 2.05) is 0 Å². The largest absolute Gasteiger partial charge is 0.383 e. The summed E-state index contributed by atoms with van der Waals surface area (Å²) < 4.78 is 4.98. The standard InChI is InChI=1S/C10H24N2O/c1-4-9(5-2)10(8-11)12-6-7-13-3/h9-10,12H,4-8,11H2,1-3H3. The van der Waals surface area contributed by atoms with Crippen molar-refractivity contribution in [3.63, 3.8) is 0 Å². The highest BCUT2D eigenvalue weighted by atomic mass is 16.5. The molecule has 0 aromatic heterocycles. The van der Waals surface area contributed by atoms with Gasteiger partial charge < -0.3 is 15.8 Å². The van der Waals surface area contributed by atoms with Crippen LogP contribution in [0.3, 0.4) is 0 Å². The predicted molar refractivity (Wildman–Crippen MR) is 56.8 cm³/mol. The molecule has 0 aliphatic heterocycles. The van der Waals surface area contributed by atoms with Gasteiger partial charge >= 0.3 is 0 Å². The number of rotatable bonds is 8. The predicted octanol–water partition coefficient (Wildman–Crippen LogP) is 0.986. The summed E-state index contributed by atoms with van der Waals surface area (Å²) in [6, 6.07) is 0.449. The van der Waals surface area contributed by atoms with Gasteiger partial charge in [-0.05, 0) is 5.92 Å². The molecule has 0 amide bonds. The Hall–Kier alpha value is -0.120. The summed E-state index contributed by atoms with van der Waals surface area (Å²) in [6.45, 7) is 6.81. The summed E-state index contributed by atoms with van der Waals surface area (Å²) >= 11 is 0. The number of ether oxygens (including phenoxy) is 1. The van der Waals surface area contributed by atoms with E-state index in [0.29, 0.717) is 12.0 Å². The highest BCUT2D eigenvalue weighted by molar-refractivity contribution is 4.75. The molecule has 80 valence electrons. The summed E-state index contributed by atoms with van der Waals surface area (Å²) in [5.74, 6) is 0.696. The Morgan fingerprint density at radius 1 is 1.31 bits per heavy atom. The molecular formula is C10H24N2O. The van der Waals surface area contributed by atoms with Crippen molar-refractivity contribution >= 4 is 0 Å². The molecule has 0 aromatic rings. The van der Waals surface area contributed by atoms with E-state index in [-0.39, 0.29) is 0 Å². The summed E-state index contributed by atoms with van der Waals surface area (Å²) in [6.07, 6.45) is 2.39. The van der Waals surface area contributed by atoms with Gasteiger partial charge in [-0.25, -0.2) is 0 Å². The molecule has 3 N–H and O–H groups in total. The average molecular weight is 188 g/mol. The summed E-state index contributed by atoms with van der Waals surface area (Å²) in [5.41, 5.74) is 5.70. The molecule has 0 aliphatic carbocycles. The topological polar surface area (TPSA) is 47.3 Å². The van der Waals surface area contributed by atoms with E-state index in [1.54, 1.807) is 7.11 Å². The third-order valence-corrected chi connectivity index (χ3v) is 2.58. The van der Waals surface area contributed by atoms with E-state index in [1.165, 1.54) is 12.8 Å². The van der Waals surface area contributed by atoms with E-state index in [4.69, 9.17) is 10.5 Å². The van der Waals surface area contributed by atoms with Gasteiger partial charge in [0.25, 0.3) is 0 Å². The van der Waals surface area contributed by atoms with Crippen molar-refractivity contribution in [3.05, 3.63) is 0 Å². The second kappa shape index (κ2) is 8.48. The summed E-state index contributed by atoms with van der Waals surface area (Å²) in [7, 11) is 1.72. The van der Waals surface area contributed by atoms with Crippen molar-refractivity contribution in [1.82, 2.24) is 5.32 Å². The summed E-state index contributed by atoms with van der Waals surface area (Å²) in [5, 5.41) is 3.42. The molecule has 1 unspecified atom stereocenters. The lowest BCUT2D eigenvalue weighted by Gasteiger charge is -2.24. The van der Waals surface area contributed by atoms with Crippen LogP contribution in [0.25, 0.3) is 0 Å². The van der Waals surface area contributed by atoms with Gasteiger partial charge in [-0.3, -0.25) is 0 Å². The number of hydrogen-bond donors (Lipinski definition) is 2. The van der Waals surface area contributed by atoms with Crippen LogP contribution < -0.4 is 11.1 Å². The fourth-order valence-electron chi connectivity index (χ4n) is 1.65. The second-order valence-corrected chi connectivity index (χ2v) is 3.37. The first kappa shape index (κ1) is 12.9. The van der Waals surface area contributed by atoms with Crippen LogP contribution in [0.2, 0.25) is 0 Å². The van der Waals surface area contributed by atoms with Gasteiger partial charge in [0, 0.05) is 26.2 Å². The first-order valence-electron chi connectivity index (χ1n) is 5.22. The van der Waals surface area contributed by atoms with E-state index in [2.05, 4.69) is 19.2 Å². The maximum atomic E-state index is 5.70. The molecule has 0 fully saturated rings. The van der Waals surface area contributed by atoms with E-state index in [0.717, 1.165) is 19.7 Å². The van der Waals surface area contributed by atoms with Gasteiger partial charge in [-0.2, -0.15) is 0 Å². The van der Waals surface area contributed by atoms with Gasteiger partial charge in [-0.1, -0.05) is 26.7 Å². The third-order valence-electron chi connectivity index (χ3n) is 2.58. The number of hydrogen-bond acceptors (Lipinski definition) is 3. The highest BCUT2D eigenvalue weighted by Gasteiger charge is 2.15. The Balaban J connectivity index is 3.71. The van der Waals surface area contributed by atoms with Crippen LogP contribution in [-0.4, -0.2) is 32.8 Å². The van der Waals surface area contributed by atoms with Crippen LogP contribution in [0.1, 0.15) is 26.7 Å². The quantitative estimate of drug-likeness (QED) is 0.558. The van der Waals surface area contributed by atoms with Crippen LogP contribution in [0.5, 0.6) is 0 Å². The zero-order chi connectivity index (χ0) is 10.1. The zero-order valence-corrected chi connectivity index (χ0v) is 9.18. The minimum Gasteiger partial charge on any atom is -0.383 e. The first-order valence-corrected chi connectivity index (χ1v) is 5.22. The maximum Gasteiger partial charge on any atom is 0.0587 e. The van der Waals surface area contributed by atoms with Crippen molar-refractivity contribution in [1.29, 1.82) is 0 Å². The zero-order valence-electron chi connectivity index (χ0n) is 9.18. The molecule has 0 rings (SSSR count). The number of methoxy groups -OCH3 is 1. The molecule has 0 radical (unpaired) electrons. The number of nitrogens with two attached hydrogens (primary N) is 1. The minimum absolute atomic E-state index is 0.449. The molecule has 0 saturated heterocycles. The lowest BCUT2D eigenvalue weighted by molar-refractivity contribution is 0.190. The maximum absolute atomic E-state index is 5.70. The molecule has 0 heterocycles. The van der Waals surface area contributed by atoms with E-state index >= 15 is 0 Å². The highest BCUT2D eigenvalue weighted by Crippen LogP contribution is 2.11. The van der Waals surface area contributed by atoms with Crippen molar-refractivity contribution in [2.75, 3.05) is 26.8 Å². The molecule has 0 bridgehead atoms. The van der Waals surface area contributed by atoms with Crippen LogP contribution in [0, 0.1) is 5.92 Å². The fourth-order valence-corrected chi connectivity index (χ4v) is 1.65. The average Bonchev–Trinajstić information content (AvgIpc) is 2.17. The fraction of sp³-hybridized carbons (Fsp3) is 1.00. The molecule has 13 heavy (non-hydrogen) atoms. The van der Waals surface area contributed by atoms with Crippen molar-refractivity contribution in [3.8, 4) is 0 Å². The van der Waals surface area contributed by atoms with Crippen molar-refractivity contribution in [2.45, 2.75) is 32.7 Å². The molecule has 0 aliphatic rings. The molecule has 0 saturated carbocycles. The monoisotopic (exact) mass is 188 g/mol. The molecule has 0 aromatic carbocycles. The molecular weight excluding hydrogens is 164 g/mol. The Morgan fingerprint density at radius 3 is 2.31 bits per heavy atom. The number of nitrogens with one attached hydrogen (secondary N) is 1. The van der Waals surface area contributed by atoms with Crippen LogP contribution in [-0.2, 0) is 4.74 Å². The smallest absolute Gasteiger partial charge is 0.0587 e. The Morgan fingerprint density at radius 2 is 1.92 bits per heavy atom. The Bertz CT molecular complexity index is 105. The van der Waals surface area contributed by atoms with Crippen LogP contribution in [0.4, 0.5) is 0 Å². The van der Waals surface area contributed by atoms with Gasteiger partial charge in [0.15, 0.2) is 0 Å². The second-order valence-electron chi connectivity index (χ2n) is 3.37. The van der Waals surface area contributed by atoms with Crippen molar-refractivity contribution < 1.29 is 4.74 Å². The normalized spacial score (nSPS) is 13.6. The van der Waals surface area contributed by atoms with E-state index in [9.17, 15) is 0 Å². The molecule has 3 heteroatoms. The van der Waals surface area contributed by atoms with Gasteiger partial charge in [0.2, 0.25) is 0 Å². The minimum atomic E-state index is 0.449. The van der Waals surface area contributed by atoms with E-state index < -0.39 is 0 Å². The Kier molecular flexibility index (Phi) is 8.40. The Labute approximate surface area is 82.0 Å². The molecule has 1 atom stereocenters. The molecule has 3 nitrogen and oxygen atoms in total. The first-order chi connectivity index (χ1) is 6.29. The van der Waals surface area contributed by atoms with Gasteiger partial charge in [0.1, 0.15) is 0 Å². The van der Waals surface area contributed by atoms with Crippen LogP contribution >= 0.6 is 0 Å². The SMILES string of the molecule is CCC(CC)C(CN)NCCOC. The summed E-state index contributed by atoms with van der Waals surface area (Å²) in [4.78, 5) is 0. The third kappa shape index (κ3) is 5.24.